The maximum atomic E-state index is 14.1. The van der Waals surface area contributed by atoms with Crippen molar-refractivity contribution in [3.05, 3.63) is 24.0 Å². The molecule has 3 N–H and O–H groups in total. The van der Waals surface area contributed by atoms with Crippen LogP contribution in [0.5, 0.6) is 5.75 Å². The molecular weight excluding hydrogens is 403 g/mol. The molecule has 0 aliphatic carbocycles. The Kier molecular flexibility index (Phi) is 8.00. The zero-order valence-electron chi connectivity index (χ0n) is 19.0. The fraction of sp³-hybridized carbons (Fsp3) is 0.591. The fourth-order valence-electron chi connectivity index (χ4n) is 3.46. The van der Waals surface area contributed by atoms with Crippen LogP contribution in [0.2, 0.25) is 0 Å². The van der Waals surface area contributed by atoms with Crippen molar-refractivity contribution in [2.45, 2.75) is 58.7 Å². The molecule has 1 aliphatic rings. The minimum absolute atomic E-state index is 0.00725. The highest BCUT2D eigenvalue weighted by molar-refractivity contribution is 5.99. The van der Waals surface area contributed by atoms with Gasteiger partial charge in [0.1, 0.15) is 23.7 Å². The van der Waals surface area contributed by atoms with Crippen molar-refractivity contribution in [1.29, 1.82) is 0 Å². The molecule has 1 aromatic carbocycles. The molecule has 1 aliphatic heterocycles. The molecule has 0 bridgehead atoms. The Hall–Kier alpha value is -2.68. The summed E-state index contributed by atoms with van der Waals surface area (Å²) >= 11 is 0. The van der Waals surface area contributed by atoms with Crippen LogP contribution in [0.1, 0.15) is 40.5 Å². The number of rotatable bonds is 7. The number of benzene rings is 1. The highest BCUT2D eigenvalue weighted by atomic mass is 19.1. The average Bonchev–Trinajstić information content (AvgIpc) is 3.21. The highest BCUT2D eigenvalue weighted by Crippen LogP contribution is 2.27. The van der Waals surface area contributed by atoms with Crippen LogP contribution in [0.3, 0.4) is 0 Å². The Bertz CT molecular complexity index is 824. The summed E-state index contributed by atoms with van der Waals surface area (Å²) in [7, 11) is 3.11. The molecule has 0 aromatic heterocycles. The molecule has 9 heteroatoms. The number of nitrogens with one attached hydrogen (secondary N) is 3. The number of nitrogens with zero attached hydrogens (tertiary/aromatic N) is 1. The Morgan fingerprint density at radius 1 is 1.26 bits per heavy atom. The van der Waals surface area contributed by atoms with Gasteiger partial charge in [0, 0.05) is 12.6 Å². The molecule has 0 radical (unpaired) electrons. The van der Waals surface area contributed by atoms with E-state index in [4.69, 9.17) is 4.74 Å². The lowest BCUT2D eigenvalue weighted by Crippen LogP contribution is -2.59. The van der Waals surface area contributed by atoms with Crippen LogP contribution in [0.15, 0.2) is 18.2 Å². The number of ether oxygens (including phenoxy) is 1. The molecule has 1 fully saturated rings. The van der Waals surface area contributed by atoms with Crippen molar-refractivity contribution in [2.75, 3.05) is 26.0 Å². The largest absolute Gasteiger partial charge is 0.497 e. The first kappa shape index (κ1) is 24.6. The lowest BCUT2D eigenvalue weighted by Gasteiger charge is -2.36. The normalized spacial score (nSPS) is 18.3. The number of likely N-dealkylation sites (N-methyl/N-ethyl adjacent to an activating group) is 1. The van der Waals surface area contributed by atoms with E-state index in [1.54, 1.807) is 14.0 Å². The summed E-state index contributed by atoms with van der Waals surface area (Å²) in [5, 5.41) is 8.24. The molecule has 1 heterocycles. The second-order valence-electron chi connectivity index (χ2n) is 8.84. The first-order chi connectivity index (χ1) is 14.5. The van der Waals surface area contributed by atoms with Gasteiger partial charge < -0.3 is 25.6 Å². The smallest absolute Gasteiger partial charge is 0.247 e. The predicted octanol–water partition coefficient (Wildman–Crippen LogP) is 1.90. The molecule has 172 valence electrons. The number of carbonyl (C=O) groups excluding carboxylic acids is 3. The van der Waals surface area contributed by atoms with Crippen molar-refractivity contribution in [3.63, 3.8) is 0 Å². The SMILES string of the molecule is CN[C@@H](C)C(=O)N[C@H](C(=O)N1CCC[C@H]1C(=O)Nc1cc(OC)ccc1F)C(C)(C)C. The summed E-state index contributed by atoms with van der Waals surface area (Å²) in [6.45, 7) is 7.67. The van der Waals surface area contributed by atoms with Gasteiger partial charge in [0.2, 0.25) is 17.7 Å². The van der Waals surface area contributed by atoms with E-state index in [1.807, 2.05) is 20.8 Å². The van der Waals surface area contributed by atoms with Gasteiger partial charge in [-0.1, -0.05) is 20.8 Å². The number of likely N-dealkylation sites (tertiary alicyclic amines) is 1. The minimum atomic E-state index is -0.808. The second kappa shape index (κ2) is 10.1. The Labute approximate surface area is 182 Å². The molecule has 2 rings (SSSR count). The van der Waals surface area contributed by atoms with Gasteiger partial charge in [-0.05, 0) is 44.4 Å². The predicted molar refractivity (Wildman–Crippen MR) is 116 cm³/mol. The minimum Gasteiger partial charge on any atom is -0.497 e. The number of carbonyl (C=O) groups is 3. The second-order valence-corrected chi connectivity index (χ2v) is 8.84. The fourth-order valence-corrected chi connectivity index (χ4v) is 3.46. The van der Waals surface area contributed by atoms with E-state index >= 15 is 0 Å². The average molecular weight is 437 g/mol. The summed E-state index contributed by atoms with van der Waals surface area (Å²) in [5.41, 5.74) is -0.574. The van der Waals surface area contributed by atoms with Crippen LogP contribution in [-0.2, 0) is 14.4 Å². The first-order valence-corrected chi connectivity index (χ1v) is 10.4. The summed E-state index contributed by atoms with van der Waals surface area (Å²) in [5.74, 6) is -1.28. The van der Waals surface area contributed by atoms with Crippen molar-refractivity contribution in [3.8, 4) is 5.75 Å². The number of anilines is 1. The maximum absolute atomic E-state index is 14.1. The zero-order chi connectivity index (χ0) is 23.3. The molecular formula is C22H33FN4O4. The molecule has 31 heavy (non-hydrogen) atoms. The Balaban J connectivity index is 2.20. The number of hydrogen-bond donors (Lipinski definition) is 3. The van der Waals surface area contributed by atoms with Crippen LogP contribution >= 0.6 is 0 Å². The molecule has 3 atom stereocenters. The summed E-state index contributed by atoms with van der Waals surface area (Å²) < 4.78 is 19.2. The van der Waals surface area contributed by atoms with Crippen molar-refractivity contribution >= 4 is 23.4 Å². The van der Waals surface area contributed by atoms with Gasteiger partial charge in [0.15, 0.2) is 0 Å². The Morgan fingerprint density at radius 2 is 1.94 bits per heavy atom. The zero-order valence-corrected chi connectivity index (χ0v) is 19.0. The number of hydrogen-bond acceptors (Lipinski definition) is 5. The van der Waals surface area contributed by atoms with E-state index in [0.29, 0.717) is 25.1 Å². The van der Waals surface area contributed by atoms with Gasteiger partial charge in [-0.15, -0.1) is 0 Å². The van der Waals surface area contributed by atoms with Crippen LogP contribution < -0.4 is 20.7 Å². The third kappa shape index (κ3) is 5.94. The van der Waals surface area contributed by atoms with Crippen LogP contribution in [0.4, 0.5) is 10.1 Å². The van der Waals surface area contributed by atoms with Crippen molar-refractivity contribution < 1.29 is 23.5 Å². The monoisotopic (exact) mass is 436 g/mol. The van der Waals surface area contributed by atoms with Gasteiger partial charge in [0.05, 0.1) is 18.8 Å². The highest BCUT2D eigenvalue weighted by Gasteiger charge is 2.42. The standard InChI is InChI=1S/C22H33FN4O4/c1-13(24-5)19(28)26-18(22(2,3)4)21(30)27-11-7-8-17(27)20(29)25-16-12-14(31-6)9-10-15(16)23/h9-10,12-13,17-18,24H,7-8,11H2,1-6H3,(H,25,29)(H,26,28)/t13-,17-,18+/m0/s1. The summed E-state index contributed by atoms with van der Waals surface area (Å²) in [4.78, 5) is 40.2. The van der Waals surface area contributed by atoms with E-state index in [0.717, 1.165) is 0 Å². The third-order valence-corrected chi connectivity index (χ3v) is 5.50. The van der Waals surface area contributed by atoms with Crippen LogP contribution in [-0.4, -0.2) is 61.4 Å². The van der Waals surface area contributed by atoms with Gasteiger partial charge in [-0.3, -0.25) is 14.4 Å². The van der Waals surface area contributed by atoms with Crippen LogP contribution in [0, 0.1) is 11.2 Å². The van der Waals surface area contributed by atoms with E-state index in [1.165, 1.54) is 30.2 Å². The molecule has 8 nitrogen and oxygen atoms in total. The molecule has 3 amide bonds. The molecule has 0 saturated carbocycles. The van der Waals surface area contributed by atoms with E-state index in [-0.39, 0.29) is 17.5 Å². The molecule has 1 aromatic rings. The van der Waals surface area contributed by atoms with Crippen molar-refractivity contribution in [1.82, 2.24) is 15.5 Å². The lowest BCUT2D eigenvalue weighted by molar-refractivity contribution is -0.143. The molecule has 0 spiro atoms. The molecule has 0 unspecified atom stereocenters. The Morgan fingerprint density at radius 3 is 2.52 bits per heavy atom. The maximum Gasteiger partial charge on any atom is 0.247 e. The first-order valence-electron chi connectivity index (χ1n) is 10.4. The lowest BCUT2D eigenvalue weighted by atomic mass is 9.85. The van der Waals surface area contributed by atoms with E-state index < -0.39 is 35.3 Å². The third-order valence-electron chi connectivity index (χ3n) is 5.50. The quantitative estimate of drug-likeness (QED) is 0.606. The van der Waals surface area contributed by atoms with Gasteiger partial charge in [0.25, 0.3) is 0 Å². The van der Waals surface area contributed by atoms with Gasteiger partial charge in [-0.25, -0.2) is 4.39 Å². The van der Waals surface area contributed by atoms with Gasteiger partial charge >= 0.3 is 0 Å². The van der Waals surface area contributed by atoms with E-state index in [9.17, 15) is 18.8 Å². The number of amides is 3. The van der Waals surface area contributed by atoms with E-state index in [2.05, 4.69) is 16.0 Å². The molecule has 1 saturated heterocycles. The number of halogens is 1. The summed E-state index contributed by atoms with van der Waals surface area (Å²) in [6, 6.07) is 2.04. The van der Waals surface area contributed by atoms with Crippen LogP contribution in [0.25, 0.3) is 0 Å². The topological polar surface area (TPSA) is 99.8 Å². The van der Waals surface area contributed by atoms with Gasteiger partial charge in [-0.2, -0.15) is 0 Å². The summed E-state index contributed by atoms with van der Waals surface area (Å²) in [6.07, 6.45) is 1.10. The van der Waals surface area contributed by atoms with Crippen molar-refractivity contribution in [2.24, 2.45) is 5.41 Å². The number of methoxy groups -OCH3 is 1.